The minimum atomic E-state index is 0.366. The zero-order valence-electron chi connectivity index (χ0n) is 14.3. The Bertz CT molecular complexity index is 667. The van der Waals surface area contributed by atoms with Crippen molar-refractivity contribution in [3.05, 3.63) is 102 Å². The highest BCUT2D eigenvalue weighted by atomic mass is 14.7. The molecule has 2 atom stereocenters. The molecule has 0 N–H and O–H groups in total. The van der Waals surface area contributed by atoms with E-state index < -0.39 is 0 Å². The van der Waals surface area contributed by atoms with Gasteiger partial charge in [-0.3, -0.25) is 4.98 Å². The summed E-state index contributed by atoms with van der Waals surface area (Å²) in [4.78, 5) is 4.63. The van der Waals surface area contributed by atoms with Gasteiger partial charge in [0.2, 0.25) is 0 Å². The summed E-state index contributed by atoms with van der Waals surface area (Å²) in [5, 5.41) is 0. The SMILES string of the molecule is CCC(CCC(c1ccccc1)c1ccccn1)c1ccccc1. The molecule has 0 spiro atoms. The van der Waals surface area contributed by atoms with Gasteiger partial charge in [-0.05, 0) is 48.4 Å². The van der Waals surface area contributed by atoms with Gasteiger partial charge in [0.05, 0.1) is 0 Å². The zero-order valence-corrected chi connectivity index (χ0v) is 14.3. The fraction of sp³-hybridized carbons (Fsp3) is 0.261. The first kappa shape index (κ1) is 16.4. The van der Waals surface area contributed by atoms with Gasteiger partial charge in [-0.25, -0.2) is 0 Å². The van der Waals surface area contributed by atoms with E-state index in [9.17, 15) is 0 Å². The van der Waals surface area contributed by atoms with Crippen molar-refractivity contribution >= 4 is 0 Å². The lowest BCUT2D eigenvalue weighted by Crippen LogP contribution is -2.06. The Hall–Kier alpha value is -2.41. The maximum atomic E-state index is 4.63. The van der Waals surface area contributed by atoms with Crippen LogP contribution in [-0.2, 0) is 0 Å². The first-order valence-electron chi connectivity index (χ1n) is 8.89. The van der Waals surface area contributed by atoms with Crippen molar-refractivity contribution in [2.45, 2.75) is 38.0 Å². The third-order valence-corrected chi connectivity index (χ3v) is 4.81. The second-order valence-electron chi connectivity index (χ2n) is 6.31. The molecule has 0 radical (unpaired) electrons. The molecule has 1 nitrogen and oxygen atoms in total. The van der Waals surface area contributed by atoms with E-state index >= 15 is 0 Å². The average molecular weight is 315 g/mol. The molecule has 0 bridgehead atoms. The Morgan fingerprint density at radius 1 is 0.708 bits per heavy atom. The van der Waals surface area contributed by atoms with E-state index in [2.05, 4.69) is 84.7 Å². The van der Waals surface area contributed by atoms with E-state index in [1.54, 1.807) is 0 Å². The molecule has 3 aromatic rings. The molecule has 0 fully saturated rings. The molecule has 0 aliphatic heterocycles. The molecule has 2 unspecified atom stereocenters. The fourth-order valence-corrected chi connectivity index (χ4v) is 3.45. The van der Waals surface area contributed by atoms with Crippen LogP contribution in [0.2, 0.25) is 0 Å². The van der Waals surface area contributed by atoms with Gasteiger partial charge in [-0.2, -0.15) is 0 Å². The zero-order chi connectivity index (χ0) is 16.6. The summed E-state index contributed by atoms with van der Waals surface area (Å²) in [7, 11) is 0. The summed E-state index contributed by atoms with van der Waals surface area (Å²) in [6.45, 7) is 2.29. The third kappa shape index (κ3) is 4.11. The van der Waals surface area contributed by atoms with Crippen LogP contribution in [0.5, 0.6) is 0 Å². The normalized spacial score (nSPS) is 13.4. The summed E-state index contributed by atoms with van der Waals surface area (Å²) >= 11 is 0. The van der Waals surface area contributed by atoms with Gasteiger partial charge >= 0.3 is 0 Å². The van der Waals surface area contributed by atoms with Gasteiger partial charge in [0, 0.05) is 17.8 Å². The second-order valence-corrected chi connectivity index (χ2v) is 6.31. The quantitative estimate of drug-likeness (QED) is 0.507. The Kier molecular flexibility index (Phi) is 5.79. The van der Waals surface area contributed by atoms with Crippen LogP contribution in [0.25, 0.3) is 0 Å². The maximum Gasteiger partial charge on any atom is 0.0478 e. The van der Waals surface area contributed by atoms with Gasteiger partial charge in [-0.1, -0.05) is 73.7 Å². The predicted molar refractivity (Wildman–Crippen MR) is 101 cm³/mol. The van der Waals surface area contributed by atoms with Crippen molar-refractivity contribution in [2.75, 3.05) is 0 Å². The van der Waals surface area contributed by atoms with E-state index in [1.165, 1.54) is 29.7 Å². The smallest absolute Gasteiger partial charge is 0.0478 e. The Morgan fingerprint density at radius 3 is 1.92 bits per heavy atom. The van der Waals surface area contributed by atoms with Crippen molar-refractivity contribution in [1.29, 1.82) is 0 Å². The van der Waals surface area contributed by atoms with Crippen LogP contribution in [0.4, 0.5) is 0 Å². The summed E-state index contributed by atoms with van der Waals surface area (Å²) in [5.74, 6) is 0.978. The van der Waals surface area contributed by atoms with Crippen molar-refractivity contribution < 1.29 is 0 Å². The molecule has 24 heavy (non-hydrogen) atoms. The van der Waals surface area contributed by atoms with E-state index in [-0.39, 0.29) is 0 Å². The van der Waals surface area contributed by atoms with Crippen LogP contribution in [0.15, 0.2) is 85.1 Å². The molecular weight excluding hydrogens is 290 g/mol. The van der Waals surface area contributed by atoms with E-state index in [0.29, 0.717) is 11.8 Å². The number of aromatic nitrogens is 1. The largest absolute Gasteiger partial charge is 0.261 e. The van der Waals surface area contributed by atoms with E-state index in [0.717, 1.165) is 6.42 Å². The lowest BCUT2D eigenvalue weighted by atomic mass is 9.84. The minimum Gasteiger partial charge on any atom is -0.261 e. The van der Waals surface area contributed by atoms with E-state index in [4.69, 9.17) is 0 Å². The second kappa shape index (κ2) is 8.44. The Morgan fingerprint density at radius 2 is 1.33 bits per heavy atom. The third-order valence-electron chi connectivity index (χ3n) is 4.81. The van der Waals surface area contributed by atoms with Crippen LogP contribution < -0.4 is 0 Å². The highest BCUT2D eigenvalue weighted by Gasteiger charge is 2.18. The van der Waals surface area contributed by atoms with Crippen molar-refractivity contribution in [2.24, 2.45) is 0 Å². The van der Waals surface area contributed by atoms with Gasteiger partial charge in [0.15, 0.2) is 0 Å². The first-order valence-corrected chi connectivity index (χ1v) is 8.89. The number of nitrogens with zero attached hydrogens (tertiary/aromatic N) is 1. The molecule has 0 aliphatic carbocycles. The molecule has 122 valence electrons. The monoisotopic (exact) mass is 315 g/mol. The van der Waals surface area contributed by atoms with Crippen LogP contribution in [0.3, 0.4) is 0 Å². The number of hydrogen-bond acceptors (Lipinski definition) is 1. The number of rotatable bonds is 7. The summed E-state index contributed by atoms with van der Waals surface area (Å²) in [6.07, 6.45) is 5.37. The molecule has 1 heterocycles. The van der Waals surface area contributed by atoms with Crippen LogP contribution in [0, 0.1) is 0 Å². The number of hydrogen-bond donors (Lipinski definition) is 0. The highest BCUT2D eigenvalue weighted by Crippen LogP contribution is 2.33. The molecule has 0 saturated heterocycles. The fourth-order valence-electron chi connectivity index (χ4n) is 3.45. The van der Waals surface area contributed by atoms with Gasteiger partial charge in [0.25, 0.3) is 0 Å². The molecule has 2 aromatic carbocycles. The summed E-state index contributed by atoms with van der Waals surface area (Å²) in [5.41, 5.74) is 3.98. The molecule has 0 amide bonds. The lowest BCUT2D eigenvalue weighted by molar-refractivity contribution is 0.543. The highest BCUT2D eigenvalue weighted by molar-refractivity contribution is 5.28. The topological polar surface area (TPSA) is 12.9 Å². The molecule has 0 saturated carbocycles. The molecule has 3 rings (SSSR count). The van der Waals surface area contributed by atoms with Gasteiger partial charge in [0.1, 0.15) is 0 Å². The number of pyridine rings is 1. The van der Waals surface area contributed by atoms with Crippen molar-refractivity contribution in [3.8, 4) is 0 Å². The molecule has 1 heteroatoms. The van der Waals surface area contributed by atoms with Crippen LogP contribution >= 0.6 is 0 Å². The van der Waals surface area contributed by atoms with Crippen molar-refractivity contribution in [1.82, 2.24) is 4.98 Å². The van der Waals surface area contributed by atoms with Gasteiger partial charge in [-0.15, -0.1) is 0 Å². The van der Waals surface area contributed by atoms with Gasteiger partial charge < -0.3 is 0 Å². The van der Waals surface area contributed by atoms with Crippen LogP contribution in [0.1, 0.15) is 54.8 Å². The standard InChI is InChI=1S/C23H25N/c1-2-19(20-11-5-3-6-12-20)16-17-22(21-13-7-4-8-14-21)23-15-9-10-18-24-23/h3-15,18-19,22H,2,16-17H2,1H3. The molecule has 1 aromatic heterocycles. The Labute approximate surface area is 145 Å². The Balaban J connectivity index is 1.80. The first-order chi connectivity index (χ1) is 11.9. The lowest BCUT2D eigenvalue weighted by Gasteiger charge is -2.21. The minimum absolute atomic E-state index is 0.366. The predicted octanol–water partition coefficient (Wildman–Crippen LogP) is 6.19. The molecular formula is C23H25N. The van der Waals surface area contributed by atoms with Crippen LogP contribution in [-0.4, -0.2) is 4.98 Å². The molecule has 0 aliphatic rings. The number of benzene rings is 2. The average Bonchev–Trinajstić information content (AvgIpc) is 2.67. The summed E-state index contributed by atoms with van der Waals surface area (Å²) in [6, 6.07) is 27.9. The van der Waals surface area contributed by atoms with E-state index in [1.807, 2.05) is 12.3 Å². The van der Waals surface area contributed by atoms with Crippen molar-refractivity contribution in [3.63, 3.8) is 0 Å². The maximum absolute atomic E-state index is 4.63. The summed E-state index contributed by atoms with van der Waals surface area (Å²) < 4.78 is 0.